The number of nitrogens with one attached hydrogen (secondary N) is 1. The molecule has 1 unspecified atom stereocenters. The van der Waals surface area contributed by atoms with E-state index in [1.165, 1.54) is 6.20 Å². The van der Waals surface area contributed by atoms with Crippen LogP contribution in [0, 0.1) is 22.5 Å². The zero-order valence-electron chi connectivity index (χ0n) is 19.4. The second kappa shape index (κ2) is 13.4. The SMILES string of the molecule is C#CCN(CC(=O)NCCOP(=O)([O-])OCC[N+](C)(C)C)C(=O)c1cnc(SC)c([N+](=O)[O-])c1. The number of nitro groups is 1. The van der Waals surface area contributed by atoms with E-state index < -0.39 is 31.1 Å². The van der Waals surface area contributed by atoms with Crippen molar-refractivity contribution in [3.8, 4) is 12.3 Å². The smallest absolute Gasteiger partial charge is 0.302 e. The van der Waals surface area contributed by atoms with Gasteiger partial charge in [-0.05, 0) is 6.26 Å². The van der Waals surface area contributed by atoms with Gasteiger partial charge in [-0.3, -0.25) is 24.3 Å². The molecule has 2 amide bonds. The summed E-state index contributed by atoms with van der Waals surface area (Å²) in [6.45, 7) is -0.842. The van der Waals surface area contributed by atoms with Gasteiger partial charge < -0.3 is 28.6 Å². The second-order valence-electron chi connectivity index (χ2n) is 7.85. The molecule has 0 saturated heterocycles. The largest absolute Gasteiger partial charge is 0.756 e. The number of hydrogen-bond acceptors (Lipinski definition) is 10. The normalized spacial score (nSPS) is 12.9. The topological polar surface area (TPSA) is 164 Å². The van der Waals surface area contributed by atoms with E-state index in [9.17, 15) is 29.2 Å². The quantitative estimate of drug-likeness (QED) is 0.0681. The first-order chi connectivity index (χ1) is 15.8. The van der Waals surface area contributed by atoms with Gasteiger partial charge in [-0.2, -0.15) is 0 Å². The Balaban J connectivity index is 2.63. The van der Waals surface area contributed by atoms with Crippen LogP contribution in [-0.4, -0.2) is 97.9 Å². The number of nitrogens with zero attached hydrogens (tertiary/aromatic N) is 4. The lowest BCUT2D eigenvalue weighted by molar-refractivity contribution is -0.870. The van der Waals surface area contributed by atoms with Crippen molar-refractivity contribution in [2.24, 2.45) is 0 Å². The van der Waals surface area contributed by atoms with Crippen molar-refractivity contribution in [1.82, 2.24) is 15.2 Å². The Morgan fingerprint density at radius 3 is 2.56 bits per heavy atom. The van der Waals surface area contributed by atoms with Gasteiger partial charge in [0.25, 0.3) is 13.7 Å². The molecular formula is C19H28N5O8PS. The van der Waals surface area contributed by atoms with Crippen LogP contribution >= 0.6 is 19.6 Å². The number of carbonyl (C=O) groups is 2. The first kappa shape index (κ1) is 29.5. The Labute approximate surface area is 202 Å². The number of aromatic nitrogens is 1. The fraction of sp³-hybridized carbons (Fsp3) is 0.526. The molecule has 1 N–H and O–H groups in total. The molecule has 0 aliphatic heterocycles. The van der Waals surface area contributed by atoms with Gasteiger partial charge in [0, 0.05) is 18.8 Å². The number of hydrogen-bond donors (Lipinski definition) is 1. The number of quaternary nitrogens is 1. The lowest BCUT2D eigenvalue weighted by Gasteiger charge is -2.27. The lowest BCUT2D eigenvalue weighted by atomic mass is 10.2. The van der Waals surface area contributed by atoms with Crippen molar-refractivity contribution in [3.63, 3.8) is 0 Å². The third-order valence-corrected chi connectivity index (χ3v) is 5.76. The molecule has 0 aliphatic rings. The van der Waals surface area contributed by atoms with Gasteiger partial charge in [0.1, 0.15) is 19.7 Å². The van der Waals surface area contributed by atoms with Crippen molar-refractivity contribution >= 4 is 37.1 Å². The first-order valence-electron chi connectivity index (χ1n) is 9.88. The fourth-order valence-corrected chi connectivity index (χ4v) is 3.57. The average Bonchev–Trinajstić information content (AvgIpc) is 2.74. The molecule has 1 rings (SSSR count). The number of amides is 2. The minimum absolute atomic E-state index is 0.0509. The van der Waals surface area contributed by atoms with Crippen LogP contribution in [0.2, 0.25) is 0 Å². The number of rotatable bonds is 14. The zero-order chi connectivity index (χ0) is 25.9. The zero-order valence-corrected chi connectivity index (χ0v) is 21.1. The number of thioether (sulfide) groups is 1. The average molecular weight is 518 g/mol. The van der Waals surface area contributed by atoms with E-state index in [-0.39, 0.29) is 42.6 Å². The molecule has 1 aromatic rings. The van der Waals surface area contributed by atoms with E-state index in [1.54, 1.807) is 6.26 Å². The van der Waals surface area contributed by atoms with Gasteiger partial charge in [-0.1, -0.05) is 5.92 Å². The molecule has 13 nitrogen and oxygen atoms in total. The highest BCUT2D eigenvalue weighted by molar-refractivity contribution is 7.98. The summed E-state index contributed by atoms with van der Waals surface area (Å²) < 4.78 is 21.7. The van der Waals surface area contributed by atoms with E-state index >= 15 is 0 Å². The Morgan fingerprint density at radius 2 is 2.00 bits per heavy atom. The maximum atomic E-state index is 12.7. The highest BCUT2D eigenvalue weighted by atomic mass is 32.2. The molecule has 0 aliphatic carbocycles. The van der Waals surface area contributed by atoms with Crippen LogP contribution in [0.5, 0.6) is 0 Å². The van der Waals surface area contributed by atoms with Gasteiger partial charge in [-0.15, -0.1) is 18.2 Å². The number of phosphoric ester groups is 1. The molecule has 0 radical (unpaired) electrons. The molecule has 0 aromatic carbocycles. The second-order valence-corrected chi connectivity index (χ2v) is 10.1. The monoisotopic (exact) mass is 517 g/mol. The maximum absolute atomic E-state index is 12.7. The summed E-state index contributed by atoms with van der Waals surface area (Å²) in [5, 5.41) is 13.8. The van der Waals surface area contributed by atoms with Crippen LogP contribution in [0.25, 0.3) is 0 Å². The van der Waals surface area contributed by atoms with Gasteiger partial charge >= 0.3 is 5.69 Å². The van der Waals surface area contributed by atoms with Crippen LogP contribution in [0.3, 0.4) is 0 Å². The number of likely N-dealkylation sites (N-methyl/N-ethyl adjacent to an activating group) is 1. The number of carbonyl (C=O) groups excluding carboxylic acids is 2. The van der Waals surface area contributed by atoms with Gasteiger partial charge in [0.05, 0.1) is 44.8 Å². The molecule has 0 bridgehead atoms. The molecule has 1 aromatic heterocycles. The molecule has 0 fully saturated rings. The van der Waals surface area contributed by atoms with E-state index in [0.717, 1.165) is 22.7 Å². The number of terminal acetylenes is 1. The van der Waals surface area contributed by atoms with Gasteiger partial charge in [-0.25, -0.2) is 4.98 Å². The van der Waals surface area contributed by atoms with E-state index in [4.69, 9.17) is 15.5 Å². The summed E-state index contributed by atoms with van der Waals surface area (Å²) in [5.74, 6) is 0.890. The van der Waals surface area contributed by atoms with Crippen molar-refractivity contribution < 1.29 is 37.5 Å². The molecule has 188 valence electrons. The van der Waals surface area contributed by atoms with Crippen molar-refractivity contribution in [1.29, 1.82) is 0 Å². The van der Waals surface area contributed by atoms with Gasteiger partial charge in [0.15, 0.2) is 5.03 Å². The molecule has 15 heteroatoms. The Hall–Kier alpha value is -2.53. The van der Waals surface area contributed by atoms with Crippen LogP contribution in [0.4, 0.5) is 5.69 Å². The number of phosphoric acid groups is 1. The van der Waals surface area contributed by atoms with Crippen molar-refractivity contribution in [3.05, 3.63) is 27.9 Å². The van der Waals surface area contributed by atoms with E-state index in [1.807, 2.05) is 21.1 Å². The summed E-state index contributed by atoms with van der Waals surface area (Å²) in [5.41, 5.74) is -0.444. The predicted octanol–water partition coefficient (Wildman–Crippen LogP) is 0.111. The van der Waals surface area contributed by atoms with Crippen LogP contribution in [0.1, 0.15) is 10.4 Å². The van der Waals surface area contributed by atoms with E-state index in [0.29, 0.717) is 11.0 Å². The summed E-state index contributed by atoms with van der Waals surface area (Å²) in [6, 6.07) is 1.07. The molecule has 0 saturated carbocycles. The lowest BCUT2D eigenvalue weighted by Crippen LogP contribution is -2.42. The van der Waals surface area contributed by atoms with E-state index in [2.05, 4.69) is 16.2 Å². The molecular weight excluding hydrogens is 489 g/mol. The minimum Gasteiger partial charge on any atom is -0.756 e. The maximum Gasteiger partial charge on any atom is 0.302 e. The highest BCUT2D eigenvalue weighted by Gasteiger charge is 2.23. The van der Waals surface area contributed by atoms with Gasteiger partial charge in [0.2, 0.25) is 5.91 Å². The van der Waals surface area contributed by atoms with Crippen molar-refractivity contribution in [2.75, 3.05) is 66.8 Å². The first-order valence-corrected chi connectivity index (χ1v) is 12.6. The third kappa shape index (κ3) is 10.6. The molecule has 1 heterocycles. The Kier molecular flexibility index (Phi) is 11.6. The fourth-order valence-electron chi connectivity index (χ4n) is 2.38. The number of pyridine rings is 1. The minimum atomic E-state index is -4.52. The Morgan fingerprint density at radius 1 is 1.35 bits per heavy atom. The third-order valence-electron chi connectivity index (χ3n) is 4.06. The predicted molar refractivity (Wildman–Crippen MR) is 123 cm³/mol. The standard InChI is InChI=1S/C19H28N5O8PS/c1-6-8-22(19(26)15-12-16(23(27)28)18(34-5)21-13-15)14-17(25)20-7-10-31-33(29,30)32-11-9-24(2,3)4/h1,12-13H,7-11,14H2,2-5H3,(H-,20,25,29,30). The summed E-state index contributed by atoms with van der Waals surface area (Å²) >= 11 is 1.05. The summed E-state index contributed by atoms with van der Waals surface area (Å²) in [6.07, 6.45) is 8.05. The molecule has 1 atom stereocenters. The summed E-state index contributed by atoms with van der Waals surface area (Å²) in [4.78, 5) is 52.1. The summed E-state index contributed by atoms with van der Waals surface area (Å²) in [7, 11) is 1.11. The molecule has 0 spiro atoms. The highest BCUT2D eigenvalue weighted by Crippen LogP contribution is 2.37. The molecule has 34 heavy (non-hydrogen) atoms. The Bertz CT molecular complexity index is 978. The van der Waals surface area contributed by atoms with Crippen LogP contribution < -0.4 is 10.2 Å². The van der Waals surface area contributed by atoms with Crippen molar-refractivity contribution in [2.45, 2.75) is 5.03 Å². The van der Waals surface area contributed by atoms with Crippen LogP contribution in [-0.2, 0) is 18.4 Å². The van der Waals surface area contributed by atoms with Crippen LogP contribution in [0.15, 0.2) is 17.3 Å².